The van der Waals surface area contributed by atoms with Gasteiger partial charge in [0, 0.05) is 7.05 Å². The van der Waals surface area contributed by atoms with Crippen molar-refractivity contribution in [2.45, 2.75) is 0 Å². The maximum atomic E-state index is 10.4. The Morgan fingerprint density at radius 1 is 1.80 bits per heavy atom. The molecule has 1 amide bonds. The molecule has 0 saturated heterocycles. The topological polar surface area (TPSA) is 73.8 Å². The average molecular weight is 161 g/mol. The number of primary amides is 1. The van der Waals surface area contributed by atoms with Gasteiger partial charge in [0.25, 0.3) is 5.91 Å². The summed E-state index contributed by atoms with van der Waals surface area (Å²) in [6.07, 6.45) is 0. The Bertz CT molecular complexity index is 249. The molecule has 6 heteroatoms. The molecule has 1 rings (SSSR count). The number of carbonyl (C=O) groups excluding carboxylic acids is 1. The summed E-state index contributed by atoms with van der Waals surface area (Å²) < 4.78 is 1.27. The second kappa shape index (κ2) is 2.26. The molecule has 54 valence electrons. The second-order valence-corrected chi connectivity index (χ2v) is 2.03. The van der Waals surface area contributed by atoms with Gasteiger partial charge in [-0.25, -0.2) is 4.68 Å². The molecule has 0 unspecified atom stereocenters. The van der Waals surface area contributed by atoms with Crippen molar-refractivity contribution >= 4 is 17.5 Å². The number of amides is 1. The van der Waals surface area contributed by atoms with Crippen LogP contribution in [0.5, 0.6) is 0 Å². The molecule has 0 spiro atoms. The number of hydrogen-bond acceptors (Lipinski definition) is 3. The van der Waals surface area contributed by atoms with E-state index in [1.54, 1.807) is 7.05 Å². The van der Waals surface area contributed by atoms with Crippen molar-refractivity contribution in [1.82, 2.24) is 14.8 Å². The summed E-state index contributed by atoms with van der Waals surface area (Å²) in [6, 6.07) is 0. The molecule has 2 N–H and O–H groups in total. The van der Waals surface area contributed by atoms with Crippen molar-refractivity contribution in [3.8, 4) is 0 Å². The van der Waals surface area contributed by atoms with Crippen molar-refractivity contribution in [3.63, 3.8) is 0 Å². The van der Waals surface area contributed by atoms with Gasteiger partial charge in [-0.2, -0.15) is 4.98 Å². The number of nitrogens with two attached hydrogens (primary N) is 1. The number of aromatic nitrogens is 3. The van der Waals surface area contributed by atoms with Crippen LogP contribution in [0, 0.1) is 0 Å². The molecule has 0 aliphatic rings. The first-order valence-corrected chi connectivity index (χ1v) is 2.85. The Kier molecular flexibility index (Phi) is 1.58. The number of rotatable bonds is 1. The van der Waals surface area contributed by atoms with Crippen molar-refractivity contribution in [2.24, 2.45) is 12.8 Å². The predicted octanol–water partition coefficient (Wildman–Crippen LogP) is -0.433. The largest absolute Gasteiger partial charge is 0.363 e. The van der Waals surface area contributed by atoms with Crippen molar-refractivity contribution < 1.29 is 4.79 Å². The van der Waals surface area contributed by atoms with Crippen LogP contribution in [0.4, 0.5) is 0 Å². The van der Waals surface area contributed by atoms with E-state index in [0.717, 1.165) is 0 Å². The Labute approximate surface area is 61.8 Å². The maximum Gasteiger partial charge on any atom is 0.288 e. The van der Waals surface area contributed by atoms with Crippen LogP contribution in [0.25, 0.3) is 0 Å². The zero-order valence-electron chi connectivity index (χ0n) is 5.21. The van der Waals surface area contributed by atoms with Gasteiger partial charge in [0.2, 0.25) is 11.1 Å². The van der Waals surface area contributed by atoms with Crippen LogP contribution >= 0.6 is 11.6 Å². The molecular weight excluding hydrogens is 156 g/mol. The highest BCUT2D eigenvalue weighted by Crippen LogP contribution is 2.01. The minimum atomic E-state index is -0.678. The molecule has 0 aromatic carbocycles. The average Bonchev–Trinajstić information content (AvgIpc) is 2.13. The number of nitrogens with zero attached hydrogens (tertiary/aromatic N) is 3. The summed E-state index contributed by atoms with van der Waals surface area (Å²) in [5, 5.41) is 3.76. The SMILES string of the molecule is Cn1nc(C(N)=O)nc1Cl. The molecule has 10 heavy (non-hydrogen) atoms. The Morgan fingerprint density at radius 3 is 2.60 bits per heavy atom. The van der Waals surface area contributed by atoms with E-state index in [9.17, 15) is 4.79 Å². The van der Waals surface area contributed by atoms with E-state index in [1.165, 1.54) is 4.68 Å². The molecule has 0 atom stereocenters. The molecule has 0 radical (unpaired) electrons. The van der Waals surface area contributed by atoms with Gasteiger partial charge >= 0.3 is 0 Å². The Hall–Kier alpha value is -1.10. The summed E-state index contributed by atoms with van der Waals surface area (Å²) in [4.78, 5) is 13.9. The lowest BCUT2D eigenvalue weighted by Crippen LogP contribution is -2.13. The second-order valence-electron chi connectivity index (χ2n) is 1.69. The van der Waals surface area contributed by atoms with Crippen LogP contribution < -0.4 is 5.73 Å². The number of hydrogen-bond donors (Lipinski definition) is 1. The van der Waals surface area contributed by atoms with E-state index in [0.29, 0.717) is 0 Å². The van der Waals surface area contributed by atoms with E-state index in [4.69, 9.17) is 17.3 Å². The van der Waals surface area contributed by atoms with Gasteiger partial charge in [-0.15, -0.1) is 5.10 Å². The number of aryl methyl sites for hydroxylation is 1. The molecular formula is C4H5ClN4O. The predicted molar refractivity (Wildman–Crippen MR) is 34.5 cm³/mol. The number of carbonyl (C=O) groups is 1. The molecule has 0 aliphatic carbocycles. The third kappa shape index (κ3) is 1.08. The zero-order chi connectivity index (χ0) is 7.72. The van der Waals surface area contributed by atoms with Gasteiger partial charge in [-0.1, -0.05) is 0 Å². The van der Waals surface area contributed by atoms with Gasteiger partial charge in [-0.3, -0.25) is 4.79 Å². The first-order chi connectivity index (χ1) is 4.61. The molecule has 0 fully saturated rings. The summed E-state index contributed by atoms with van der Waals surface area (Å²) in [5.74, 6) is -0.741. The summed E-state index contributed by atoms with van der Waals surface area (Å²) >= 11 is 5.46. The Balaban J connectivity index is 3.10. The van der Waals surface area contributed by atoms with E-state index < -0.39 is 5.91 Å². The summed E-state index contributed by atoms with van der Waals surface area (Å²) in [5.41, 5.74) is 4.86. The fraction of sp³-hybridized carbons (Fsp3) is 0.250. The lowest BCUT2D eigenvalue weighted by molar-refractivity contribution is 0.0990. The quantitative estimate of drug-likeness (QED) is 0.606. The van der Waals surface area contributed by atoms with E-state index in [1.807, 2.05) is 0 Å². The van der Waals surface area contributed by atoms with Gasteiger partial charge in [0.05, 0.1) is 0 Å². The fourth-order valence-corrected chi connectivity index (χ4v) is 0.588. The molecule has 1 heterocycles. The van der Waals surface area contributed by atoms with Gasteiger partial charge in [0.1, 0.15) is 0 Å². The highest BCUT2D eigenvalue weighted by molar-refractivity contribution is 6.28. The summed E-state index contributed by atoms with van der Waals surface area (Å²) in [6.45, 7) is 0. The minimum Gasteiger partial charge on any atom is -0.363 e. The van der Waals surface area contributed by atoms with Crippen LogP contribution in [0.2, 0.25) is 5.28 Å². The molecule has 0 bridgehead atoms. The fourth-order valence-electron chi connectivity index (χ4n) is 0.470. The lowest BCUT2D eigenvalue weighted by atomic mass is 10.6. The van der Waals surface area contributed by atoms with Crippen molar-refractivity contribution in [1.29, 1.82) is 0 Å². The maximum absolute atomic E-state index is 10.4. The van der Waals surface area contributed by atoms with Crippen LogP contribution in [0.15, 0.2) is 0 Å². The first-order valence-electron chi connectivity index (χ1n) is 2.47. The minimum absolute atomic E-state index is 0.0625. The Morgan fingerprint density at radius 2 is 2.40 bits per heavy atom. The van der Waals surface area contributed by atoms with Gasteiger partial charge < -0.3 is 5.73 Å². The van der Waals surface area contributed by atoms with Crippen LogP contribution in [0.3, 0.4) is 0 Å². The zero-order valence-corrected chi connectivity index (χ0v) is 5.96. The summed E-state index contributed by atoms with van der Waals surface area (Å²) in [7, 11) is 1.57. The van der Waals surface area contributed by atoms with Crippen LogP contribution in [0.1, 0.15) is 10.6 Å². The smallest absolute Gasteiger partial charge is 0.288 e. The molecule has 0 aliphatic heterocycles. The van der Waals surface area contributed by atoms with Gasteiger partial charge in [-0.05, 0) is 11.6 Å². The lowest BCUT2D eigenvalue weighted by Gasteiger charge is -1.83. The van der Waals surface area contributed by atoms with Crippen molar-refractivity contribution in [3.05, 3.63) is 11.1 Å². The van der Waals surface area contributed by atoms with Crippen LogP contribution in [-0.2, 0) is 7.05 Å². The van der Waals surface area contributed by atoms with Gasteiger partial charge in [0.15, 0.2) is 0 Å². The molecule has 5 nitrogen and oxygen atoms in total. The van der Waals surface area contributed by atoms with E-state index in [-0.39, 0.29) is 11.1 Å². The van der Waals surface area contributed by atoms with Crippen molar-refractivity contribution in [2.75, 3.05) is 0 Å². The molecule has 0 saturated carbocycles. The third-order valence-electron chi connectivity index (χ3n) is 0.930. The highest BCUT2D eigenvalue weighted by Gasteiger charge is 2.08. The number of halogens is 1. The molecule has 1 aromatic rings. The van der Waals surface area contributed by atoms with E-state index >= 15 is 0 Å². The monoisotopic (exact) mass is 160 g/mol. The highest BCUT2D eigenvalue weighted by atomic mass is 35.5. The van der Waals surface area contributed by atoms with Crippen LogP contribution in [-0.4, -0.2) is 20.7 Å². The third-order valence-corrected chi connectivity index (χ3v) is 1.26. The normalized spacial score (nSPS) is 9.80. The molecule has 1 aromatic heterocycles. The van der Waals surface area contributed by atoms with E-state index in [2.05, 4.69) is 10.1 Å². The first kappa shape index (κ1) is 7.01. The standard InChI is InChI=1S/C4H5ClN4O/c1-9-4(5)7-3(8-9)2(6)10/h1H3,(H2,6,10).